The number of halogens is 1. The zero-order valence-electron chi connectivity index (χ0n) is 13.3. The molecule has 0 bridgehead atoms. The molecule has 1 aromatic carbocycles. The van der Waals surface area contributed by atoms with Crippen LogP contribution in [0.1, 0.15) is 22.5 Å². The van der Waals surface area contributed by atoms with E-state index in [0.29, 0.717) is 24.2 Å². The third-order valence-corrected chi connectivity index (χ3v) is 3.53. The zero-order valence-corrected chi connectivity index (χ0v) is 14.9. The fourth-order valence-corrected chi connectivity index (χ4v) is 2.25. The standard InChI is InChI=1S/C17H19BrN2O4/c1-12-4-2-5-13(10-12)23-9-3-8-19-16(21)11-20-17(22)14-6-7-15(18)24-14/h2,4-7,10H,3,8-9,11H2,1H3,(H,19,21)(H,20,22). The molecule has 0 atom stereocenters. The summed E-state index contributed by atoms with van der Waals surface area (Å²) in [4.78, 5) is 23.4. The van der Waals surface area contributed by atoms with E-state index in [9.17, 15) is 9.59 Å². The first kappa shape index (κ1) is 18.1. The highest BCUT2D eigenvalue weighted by Crippen LogP contribution is 2.13. The van der Waals surface area contributed by atoms with E-state index >= 15 is 0 Å². The highest BCUT2D eigenvalue weighted by molar-refractivity contribution is 9.10. The number of aryl methyl sites for hydroxylation is 1. The van der Waals surface area contributed by atoms with Gasteiger partial charge in [-0.3, -0.25) is 9.59 Å². The van der Waals surface area contributed by atoms with Crippen molar-refractivity contribution >= 4 is 27.7 Å². The van der Waals surface area contributed by atoms with Crippen molar-refractivity contribution in [2.24, 2.45) is 0 Å². The second kappa shape index (κ2) is 9.12. The van der Waals surface area contributed by atoms with Crippen molar-refractivity contribution in [1.29, 1.82) is 0 Å². The topological polar surface area (TPSA) is 80.6 Å². The van der Waals surface area contributed by atoms with Crippen LogP contribution in [0, 0.1) is 6.92 Å². The largest absolute Gasteiger partial charge is 0.494 e. The quantitative estimate of drug-likeness (QED) is 0.674. The molecule has 2 N–H and O–H groups in total. The predicted molar refractivity (Wildman–Crippen MR) is 93.0 cm³/mol. The van der Waals surface area contributed by atoms with Gasteiger partial charge in [-0.25, -0.2) is 0 Å². The number of hydrogen-bond acceptors (Lipinski definition) is 4. The summed E-state index contributed by atoms with van der Waals surface area (Å²) < 4.78 is 11.2. The Morgan fingerprint density at radius 1 is 1.21 bits per heavy atom. The van der Waals surface area contributed by atoms with E-state index in [1.165, 1.54) is 6.07 Å². The lowest BCUT2D eigenvalue weighted by atomic mass is 10.2. The van der Waals surface area contributed by atoms with Gasteiger partial charge in [0, 0.05) is 6.54 Å². The van der Waals surface area contributed by atoms with Crippen molar-refractivity contribution in [2.45, 2.75) is 13.3 Å². The van der Waals surface area contributed by atoms with Crippen LogP contribution in [-0.2, 0) is 4.79 Å². The monoisotopic (exact) mass is 394 g/mol. The van der Waals surface area contributed by atoms with Gasteiger partial charge in [0.15, 0.2) is 10.4 Å². The van der Waals surface area contributed by atoms with Crippen molar-refractivity contribution in [2.75, 3.05) is 19.7 Å². The summed E-state index contributed by atoms with van der Waals surface area (Å²) in [5.41, 5.74) is 1.14. The van der Waals surface area contributed by atoms with E-state index < -0.39 is 5.91 Å². The summed E-state index contributed by atoms with van der Waals surface area (Å²) in [5, 5.41) is 5.21. The third-order valence-electron chi connectivity index (χ3n) is 3.11. The van der Waals surface area contributed by atoms with Crippen molar-refractivity contribution in [1.82, 2.24) is 10.6 Å². The molecule has 2 aromatic rings. The summed E-state index contributed by atoms with van der Waals surface area (Å²) in [6.45, 7) is 2.89. The molecule has 0 unspecified atom stereocenters. The summed E-state index contributed by atoms with van der Waals surface area (Å²) in [7, 11) is 0. The fraction of sp³-hybridized carbons (Fsp3) is 0.294. The van der Waals surface area contributed by atoms with E-state index in [-0.39, 0.29) is 18.2 Å². The molecule has 7 heteroatoms. The summed E-state index contributed by atoms with van der Waals surface area (Å²) in [6, 6.07) is 10.9. The van der Waals surface area contributed by atoms with Crippen LogP contribution >= 0.6 is 15.9 Å². The third kappa shape index (κ3) is 6.08. The van der Waals surface area contributed by atoms with Gasteiger partial charge < -0.3 is 19.8 Å². The number of amides is 2. The van der Waals surface area contributed by atoms with Gasteiger partial charge in [0.1, 0.15) is 5.75 Å². The van der Waals surface area contributed by atoms with Gasteiger partial charge in [-0.2, -0.15) is 0 Å². The molecule has 0 spiro atoms. The maximum absolute atomic E-state index is 11.7. The fourth-order valence-electron chi connectivity index (χ4n) is 1.94. The van der Waals surface area contributed by atoms with Gasteiger partial charge in [-0.1, -0.05) is 12.1 Å². The maximum Gasteiger partial charge on any atom is 0.287 e. The normalized spacial score (nSPS) is 10.2. The minimum Gasteiger partial charge on any atom is -0.494 e. The molecule has 1 heterocycles. The van der Waals surface area contributed by atoms with E-state index in [0.717, 1.165) is 11.3 Å². The SMILES string of the molecule is Cc1cccc(OCCCNC(=O)CNC(=O)c2ccc(Br)o2)c1. The highest BCUT2D eigenvalue weighted by Gasteiger charge is 2.11. The highest BCUT2D eigenvalue weighted by atomic mass is 79.9. The van der Waals surface area contributed by atoms with Crippen LogP contribution in [0.25, 0.3) is 0 Å². The van der Waals surface area contributed by atoms with Crippen molar-refractivity contribution < 1.29 is 18.7 Å². The number of ether oxygens (including phenoxy) is 1. The average molecular weight is 395 g/mol. The Bertz CT molecular complexity index is 699. The van der Waals surface area contributed by atoms with Crippen LogP contribution in [0.2, 0.25) is 0 Å². The summed E-state index contributed by atoms with van der Waals surface area (Å²) in [6.07, 6.45) is 0.679. The van der Waals surface area contributed by atoms with Crippen molar-refractivity contribution in [3.8, 4) is 5.75 Å². The number of hydrogen-bond donors (Lipinski definition) is 2. The smallest absolute Gasteiger partial charge is 0.287 e. The van der Waals surface area contributed by atoms with Crippen LogP contribution in [0.15, 0.2) is 45.5 Å². The number of nitrogens with one attached hydrogen (secondary N) is 2. The minimum atomic E-state index is -0.432. The Kier molecular flexibility index (Phi) is 6.87. The molecule has 128 valence electrons. The molecule has 1 aromatic heterocycles. The minimum absolute atomic E-state index is 0.101. The number of carbonyl (C=O) groups is 2. The van der Waals surface area contributed by atoms with Gasteiger partial charge in [0.05, 0.1) is 13.2 Å². The number of furan rings is 1. The van der Waals surface area contributed by atoms with Crippen LogP contribution in [0.4, 0.5) is 0 Å². The first-order chi connectivity index (χ1) is 11.5. The van der Waals surface area contributed by atoms with Crippen molar-refractivity contribution in [3.05, 3.63) is 52.4 Å². The van der Waals surface area contributed by atoms with Gasteiger partial charge in [0.2, 0.25) is 5.91 Å². The molecule has 2 amide bonds. The Balaban J connectivity index is 1.57. The summed E-state index contributed by atoms with van der Waals surface area (Å²) >= 11 is 3.11. The number of rotatable bonds is 8. The van der Waals surface area contributed by atoms with Crippen molar-refractivity contribution in [3.63, 3.8) is 0 Å². The molecule has 0 radical (unpaired) electrons. The Labute approximate surface area is 148 Å². The molecule has 0 fully saturated rings. The first-order valence-corrected chi connectivity index (χ1v) is 8.33. The Morgan fingerprint density at radius 3 is 2.75 bits per heavy atom. The molecular weight excluding hydrogens is 376 g/mol. The predicted octanol–water partition coefficient (Wildman–Crippen LogP) is 2.67. The number of carbonyl (C=O) groups excluding carboxylic acids is 2. The number of benzene rings is 1. The van der Waals surface area contributed by atoms with Gasteiger partial charge >= 0.3 is 0 Å². The lowest BCUT2D eigenvalue weighted by molar-refractivity contribution is -0.120. The molecule has 0 saturated carbocycles. The van der Waals surface area contributed by atoms with Crippen LogP contribution in [0.5, 0.6) is 5.75 Å². The molecule has 0 aliphatic rings. The van der Waals surface area contributed by atoms with E-state index in [2.05, 4.69) is 26.6 Å². The lowest BCUT2D eigenvalue weighted by Gasteiger charge is -2.08. The molecule has 0 aliphatic carbocycles. The van der Waals surface area contributed by atoms with E-state index in [1.54, 1.807) is 6.07 Å². The van der Waals surface area contributed by atoms with Gasteiger partial charge in [-0.15, -0.1) is 0 Å². The molecule has 24 heavy (non-hydrogen) atoms. The molecule has 6 nitrogen and oxygen atoms in total. The Morgan fingerprint density at radius 2 is 2.04 bits per heavy atom. The maximum atomic E-state index is 11.7. The second-order valence-electron chi connectivity index (χ2n) is 5.15. The van der Waals surface area contributed by atoms with Crippen LogP contribution < -0.4 is 15.4 Å². The summed E-state index contributed by atoms with van der Waals surface area (Å²) in [5.74, 6) is 0.280. The molecule has 0 saturated heterocycles. The lowest BCUT2D eigenvalue weighted by Crippen LogP contribution is -2.37. The van der Waals surface area contributed by atoms with E-state index in [4.69, 9.17) is 9.15 Å². The zero-order chi connectivity index (χ0) is 17.4. The molecule has 0 aliphatic heterocycles. The average Bonchev–Trinajstić information content (AvgIpc) is 2.99. The Hall–Kier alpha value is -2.28. The first-order valence-electron chi connectivity index (χ1n) is 7.54. The van der Waals surface area contributed by atoms with Crippen LogP contribution in [0.3, 0.4) is 0 Å². The van der Waals surface area contributed by atoms with E-state index in [1.807, 2.05) is 31.2 Å². The second-order valence-corrected chi connectivity index (χ2v) is 5.94. The van der Waals surface area contributed by atoms with Gasteiger partial charge in [-0.05, 0) is 59.1 Å². The van der Waals surface area contributed by atoms with Gasteiger partial charge in [0.25, 0.3) is 5.91 Å². The van der Waals surface area contributed by atoms with Crippen LogP contribution in [-0.4, -0.2) is 31.5 Å². The molecular formula is C17H19BrN2O4. The molecule has 2 rings (SSSR count).